The van der Waals surface area contributed by atoms with E-state index in [1.54, 1.807) is 0 Å². The van der Waals surface area contributed by atoms with E-state index in [9.17, 15) is 19.8 Å². The third-order valence-electron chi connectivity index (χ3n) is 7.12. The smallest absolute Gasteiger partial charge is 0.220 e. The summed E-state index contributed by atoms with van der Waals surface area (Å²) in [4.78, 5) is 26.5. The number of carbonyl (C=O) groups is 2. The molecule has 1 heterocycles. The Morgan fingerprint density at radius 1 is 1.02 bits per heavy atom. The molecule has 2 rings (SSSR count). The first-order valence-electron chi connectivity index (χ1n) is 15.0. The number of aryl methyl sites for hydroxylation is 1. The summed E-state index contributed by atoms with van der Waals surface area (Å²) in [6, 6.07) is 7.44. The quantitative estimate of drug-likeness (QED) is 0.120. The number of anilines is 1. The highest BCUT2D eigenvalue weighted by Gasteiger charge is 2.46. The predicted molar refractivity (Wildman–Crippen MR) is 165 cm³/mol. The molecule has 0 aromatic heterocycles. The van der Waals surface area contributed by atoms with E-state index in [0.29, 0.717) is 31.2 Å². The van der Waals surface area contributed by atoms with Crippen molar-refractivity contribution in [2.45, 2.75) is 89.4 Å². The number of nitrogens with one attached hydrogen (secondary N) is 2. The lowest BCUT2D eigenvalue weighted by Crippen LogP contribution is -2.65. The molecule has 2 amide bonds. The average Bonchev–Trinajstić information content (AvgIpc) is 2.97. The van der Waals surface area contributed by atoms with Gasteiger partial charge in [-0.05, 0) is 37.0 Å². The van der Waals surface area contributed by atoms with Crippen LogP contribution in [0.4, 0.5) is 5.69 Å². The summed E-state index contributed by atoms with van der Waals surface area (Å²) in [7, 11) is 0. The highest BCUT2D eigenvalue weighted by atomic mass is 35.5. The molecule has 0 saturated carbocycles. The molecule has 1 aliphatic rings. The van der Waals surface area contributed by atoms with Crippen molar-refractivity contribution >= 4 is 40.7 Å². The van der Waals surface area contributed by atoms with Crippen LogP contribution >= 0.6 is 23.2 Å². The number of benzene rings is 1. The largest absolute Gasteiger partial charge is 0.394 e. The van der Waals surface area contributed by atoms with Gasteiger partial charge in [0.05, 0.1) is 13.2 Å². The van der Waals surface area contributed by atoms with Crippen molar-refractivity contribution in [2.75, 3.05) is 56.1 Å². The number of aliphatic hydroxyl groups excluding tert-OH is 2. The molecular formula is C30H49Cl2N3O7. The number of nitrogens with zero attached hydrogens (tertiary/aromatic N) is 1. The van der Waals surface area contributed by atoms with Gasteiger partial charge in [-0.15, -0.1) is 23.2 Å². The van der Waals surface area contributed by atoms with Crippen molar-refractivity contribution in [2.24, 2.45) is 0 Å². The van der Waals surface area contributed by atoms with Crippen LogP contribution in [0.2, 0.25) is 0 Å². The summed E-state index contributed by atoms with van der Waals surface area (Å²) >= 11 is 11.8. The van der Waals surface area contributed by atoms with Gasteiger partial charge < -0.3 is 40.0 Å². The van der Waals surface area contributed by atoms with Crippen LogP contribution in [0.3, 0.4) is 0 Å². The van der Waals surface area contributed by atoms with Gasteiger partial charge in [0.1, 0.15) is 24.4 Å². The molecule has 0 aliphatic carbocycles. The molecule has 0 radical (unpaired) electrons. The Labute approximate surface area is 260 Å². The first kappa shape index (κ1) is 36.5. The zero-order chi connectivity index (χ0) is 30.7. The van der Waals surface area contributed by atoms with Gasteiger partial charge in [-0.3, -0.25) is 9.59 Å². The van der Waals surface area contributed by atoms with Gasteiger partial charge in [-0.1, -0.05) is 38.3 Å². The van der Waals surface area contributed by atoms with Crippen LogP contribution in [0.5, 0.6) is 0 Å². The normalized spacial score (nSPS) is 22.1. The van der Waals surface area contributed by atoms with Gasteiger partial charge in [0.2, 0.25) is 11.8 Å². The van der Waals surface area contributed by atoms with Crippen LogP contribution in [0.25, 0.3) is 0 Å². The van der Waals surface area contributed by atoms with Gasteiger partial charge in [0.25, 0.3) is 0 Å². The van der Waals surface area contributed by atoms with E-state index in [2.05, 4.69) is 34.6 Å². The molecule has 10 nitrogen and oxygen atoms in total. The lowest BCUT2D eigenvalue weighted by atomic mass is 9.96. The van der Waals surface area contributed by atoms with E-state index < -0.39 is 37.3 Å². The molecule has 1 saturated heterocycles. The number of unbranched alkanes of at least 4 members (excludes halogenated alkanes) is 3. The van der Waals surface area contributed by atoms with Crippen LogP contribution in [0, 0.1) is 0 Å². The van der Waals surface area contributed by atoms with E-state index >= 15 is 0 Å². The number of aliphatic hydroxyl groups is 2. The molecule has 1 aliphatic heterocycles. The van der Waals surface area contributed by atoms with Gasteiger partial charge in [-0.25, -0.2) is 0 Å². The monoisotopic (exact) mass is 633 g/mol. The van der Waals surface area contributed by atoms with Crippen LogP contribution in [0.15, 0.2) is 24.3 Å². The van der Waals surface area contributed by atoms with Gasteiger partial charge in [0.15, 0.2) is 6.29 Å². The van der Waals surface area contributed by atoms with Crippen LogP contribution in [0.1, 0.15) is 57.9 Å². The zero-order valence-corrected chi connectivity index (χ0v) is 26.5. The maximum Gasteiger partial charge on any atom is 0.220 e. The van der Waals surface area contributed by atoms with Gasteiger partial charge >= 0.3 is 0 Å². The molecule has 4 N–H and O–H groups in total. The fraction of sp³-hybridized carbons (Fsp3) is 0.733. The van der Waals surface area contributed by atoms with Gasteiger partial charge in [-0.2, -0.15) is 0 Å². The second kappa shape index (κ2) is 21.1. The van der Waals surface area contributed by atoms with Crippen LogP contribution < -0.4 is 15.5 Å². The van der Waals surface area contributed by atoms with Gasteiger partial charge in [0, 0.05) is 57.0 Å². The molecule has 0 unspecified atom stereocenters. The Balaban J connectivity index is 1.80. The highest BCUT2D eigenvalue weighted by molar-refractivity contribution is 6.18. The van der Waals surface area contributed by atoms with Crippen LogP contribution in [-0.4, -0.2) is 104 Å². The number of ether oxygens (including phenoxy) is 3. The number of hydrogen-bond donors (Lipinski definition) is 4. The molecule has 0 spiro atoms. The third-order valence-corrected chi connectivity index (χ3v) is 7.46. The molecular weight excluding hydrogens is 585 g/mol. The number of carbonyl (C=O) groups excluding carboxylic acids is 2. The summed E-state index contributed by atoms with van der Waals surface area (Å²) < 4.78 is 17.6. The van der Waals surface area contributed by atoms with E-state index in [4.69, 9.17) is 37.4 Å². The van der Waals surface area contributed by atoms with E-state index in [1.807, 2.05) is 12.1 Å². The summed E-state index contributed by atoms with van der Waals surface area (Å²) in [6.07, 6.45) is 1.97. The van der Waals surface area contributed by atoms with Crippen molar-refractivity contribution < 1.29 is 34.0 Å². The maximum absolute atomic E-state index is 12.4. The standard InChI is InChI=1S/C30H49Cl2N3O7/c1-3-4-5-6-19-41-30-27(34-22(2)37)29(28(39)25(21-36)42-30)40-20-16-33-26(38)9-7-8-23-10-12-24(13-11-23)35(17-14-31)18-15-32/h10-13,25,27-30,36,39H,3-9,14-21H2,1-2H3,(H,33,38)(H,34,37)/t25-,27-,28-,29-,30-/m1/s1. The summed E-state index contributed by atoms with van der Waals surface area (Å²) in [5, 5.41) is 26.1. The number of amides is 2. The fourth-order valence-electron chi connectivity index (χ4n) is 4.90. The minimum Gasteiger partial charge on any atom is -0.394 e. The minimum atomic E-state index is -1.19. The topological polar surface area (TPSA) is 130 Å². The number of halogens is 2. The average molecular weight is 635 g/mol. The molecule has 42 heavy (non-hydrogen) atoms. The second-order valence-electron chi connectivity index (χ2n) is 10.4. The van der Waals surface area contributed by atoms with E-state index in [0.717, 1.165) is 56.4 Å². The Hall–Kier alpha value is -1.66. The number of hydrogen-bond acceptors (Lipinski definition) is 8. The fourth-order valence-corrected chi connectivity index (χ4v) is 5.31. The molecule has 0 bridgehead atoms. The Kier molecular flexibility index (Phi) is 18.4. The molecule has 1 aromatic rings. The number of alkyl halides is 2. The second-order valence-corrected chi connectivity index (χ2v) is 11.2. The summed E-state index contributed by atoms with van der Waals surface area (Å²) in [5.41, 5.74) is 2.22. The van der Waals surface area contributed by atoms with Crippen LogP contribution in [-0.2, 0) is 30.2 Å². The number of rotatable bonds is 21. The molecule has 5 atom stereocenters. The lowest BCUT2D eigenvalue weighted by Gasteiger charge is -2.44. The first-order chi connectivity index (χ1) is 20.3. The first-order valence-corrected chi connectivity index (χ1v) is 16.1. The maximum atomic E-state index is 12.4. The van der Waals surface area contributed by atoms with E-state index in [-0.39, 0.29) is 25.0 Å². The minimum absolute atomic E-state index is 0.0990. The highest BCUT2D eigenvalue weighted by Crippen LogP contribution is 2.25. The van der Waals surface area contributed by atoms with E-state index in [1.165, 1.54) is 6.92 Å². The van der Waals surface area contributed by atoms with Crippen molar-refractivity contribution in [3.8, 4) is 0 Å². The van der Waals surface area contributed by atoms with Crippen molar-refractivity contribution in [3.63, 3.8) is 0 Å². The summed E-state index contributed by atoms with van der Waals surface area (Å²) in [6.45, 7) is 5.28. The van der Waals surface area contributed by atoms with Crippen molar-refractivity contribution in [1.82, 2.24) is 10.6 Å². The SMILES string of the molecule is CCCCCCO[C@@H]1O[C@H](CO)[C@@H](O)[C@H](OCCNC(=O)CCCc2ccc(N(CCCl)CCCl)cc2)[C@H]1NC(C)=O. The summed E-state index contributed by atoms with van der Waals surface area (Å²) in [5.74, 6) is 0.638. The van der Waals surface area contributed by atoms with Crippen molar-refractivity contribution in [1.29, 1.82) is 0 Å². The third kappa shape index (κ3) is 12.9. The predicted octanol–water partition coefficient (Wildman–Crippen LogP) is 2.97. The molecule has 1 aromatic carbocycles. The molecule has 240 valence electrons. The molecule has 1 fully saturated rings. The Morgan fingerprint density at radius 3 is 2.36 bits per heavy atom. The zero-order valence-electron chi connectivity index (χ0n) is 24.9. The Morgan fingerprint density at radius 2 is 1.74 bits per heavy atom. The van der Waals surface area contributed by atoms with Crippen molar-refractivity contribution in [3.05, 3.63) is 29.8 Å². The Bertz CT molecular complexity index is 890. The lowest BCUT2D eigenvalue weighted by molar-refractivity contribution is -0.276. The molecule has 12 heteroatoms.